The maximum Gasteiger partial charge on any atom is 0.230 e. The Morgan fingerprint density at radius 3 is 2.59 bits per heavy atom. The molecular formula is C22H36IN5O. The standard InChI is InChI=1S/C22H35N5O.HI/c1-17(27-14-11-18-9-5-6-10-19(18)27)15-24-21(23-2)25-16-22(12-7-8-13-22)20(28)26(3)4;/h5-6,9-10,17H,7-8,11-16H2,1-4H3,(H2,23,24,25);1H. The summed E-state index contributed by atoms with van der Waals surface area (Å²) in [6, 6.07) is 9.03. The molecule has 29 heavy (non-hydrogen) atoms. The second kappa shape index (κ2) is 10.5. The van der Waals surface area contributed by atoms with Gasteiger partial charge >= 0.3 is 0 Å². The Kier molecular flexibility index (Phi) is 8.60. The number of carbonyl (C=O) groups excluding carboxylic acids is 1. The minimum absolute atomic E-state index is 0. The number of nitrogens with zero attached hydrogens (tertiary/aromatic N) is 3. The van der Waals surface area contributed by atoms with Crippen LogP contribution in [-0.4, -0.2) is 63.6 Å². The van der Waals surface area contributed by atoms with Crippen molar-refractivity contribution in [3.05, 3.63) is 29.8 Å². The van der Waals surface area contributed by atoms with Gasteiger partial charge in [-0.3, -0.25) is 9.79 Å². The van der Waals surface area contributed by atoms with E-state index in [9.17, 15) is 4.79 Å². The van der Waals surface area contributed by atoms with E-state index in [0.29, 0.717) is 12.6 Å². The molecule has 7 heteroatoms. The summed E-state index contributed by atoms with van der Waals surface area (Å²) in [5.41, 5.74) is 2.49. The SMILES string of the molecule is CN=C(NCC(C)N1CCc2ccccc21)NCC1(C(=O)N(C)C)CCCC1.I. The molecule has 1 atom stereocenters. The predicted molar refractivity (Wildman–Crippen MR) is 131 cm³/mol. The third kappa shape index (κ3) is 5.35. The number of halogens is 1. The molecule has 0 saturated heterocycles. The molecule has 0 aromatic heterocycles. The van der Waals surface area contributed by atoms with Gasteiger partial charge < -0.3 is 20.4 Å². The minimum Gasteiger partial charge on any atom is -0.366 e. The van der Waals surface area contributed by atoms with E-state index < -0.39 is 0 Å². The molecule has 6 nitrogen and oxygen atoms in total. The number of para-hydroxylation sites is 1. The van der Waals surface area contributed by atoms with Gasteiger partial charge in [0.15, 0.2) is 5.96 Å². The highest BCUT2D eigenvalue weighted by atomic mass is 127. The molecule has 2 N–H and O–H groups in total. The number of hydrogen-bond acceptors (Lipinski definition) is 3. The summed E-state index contributed by atoms with van der Waals surface area (Å²) in [5, 5.41) is 6.88. The lowest BCUT2D eigenvalue weighted by molar-refractivity contribution is -0.138. The fourth-order valence-corrected chi connectivity index (χ4v) is 4.64. The van der Waals surface area contributed by atoms with Crippen molar-refractivity contribution in [3.8, 4) is 0 Å². The molecule has 1 aromatic rings. The Labute approximate surface area is 192 Å². The zero-order chi connectivity index (χ0) is 20.1. The van der Waals surface area contributed by atoms with Crippen molar-refractivity contribution in [2.45, 2.75) is 45.1 Å². The van der Waals surface area contributed by atoms with E-state index in [4.69, 9.17) is 0 Å². The van der Waals surface area contributed by atoms with Crippen LogP contribution in [0.3, 0.4) is 0 Å². The van der Waals surface area contributed by atoms with Crippen LogP contribution in [0.2, 0.25) is 0 Å². The Bertz CT molecular complexity index is 715. The van der Waals surface area contributed by atoms with Gasteiger partial charge in [-0.05, 0) is 37.8 Å². The van der Waals surface area contributed by atoms with Gasteiger partial charge in [0.1, 0.15) is 0 Å². The highest BCUT2D eigenvalue weighted by molar-refractivity contribution is 14.0. The van der Waals surface area contributed by atoms with Gasteiger partial charge in [0.2, 0.25) is 5.91 Å². The van der Waals surface area contributed by atoms with Crippen molar-refractivity contribution < 1.29 is 4.79 Å². The maximum absolute atomic E-state index is 12.7. The first-order valence-corrected chi connectivity index (χ1v) is 10.5. The lowest BCUT2D eigenvalue weighted by Crippen LogP contribution is -2.51. The topological polar surface area (TPSA) is 60.0 Å². The predicted octanol–water partition coefficient (Wildman–Crippen LogP) is 2.87. The van der Waals surface area contributed by atoms with E-state index >= 15 is 0 Å². The second-order valence-electron chi connectivity index (χ2n) is 8.41. The van der Waals surface area contributed by atoms with E-state index in [1.807, 2.05) is 14.1 Å². The molecule has 162 valence electrons. The third-order valence-corrected chi connectivity index (χ3v) is 6.26. The highest BCUT2D eigenvalue weighted by Gasteiger charge is 2.42. The fraction of sp³-hybridized carbons (Fsp3) is 0.636. The fourth-order valence-electron chi connectivity index (χ4n) is 4.64. The van der Waals surface area contributed by atoms with Gasteiger partial charge in [-0.2, -0.15) is 0 Å². The van der Waals surface area contributed by atoms with E-state index in [1.165, 1.54) is 11.3 Å². The van der Waals surface area contributed by atoms with Crippen molar-refractivity contribution in [3.63, 3.8) is 0 Å². The van der Waals surface area contributed by atoms with Gasteiger partial charge in [-0.15, -0.1) is 24.0 Å². The Morgan fingerprint density at radius 2 is 1.93 bits per heavy atom. The lowest BCUT2D eigenvalue weighted by atomic mass is 9.84. The molecule has 1 unspecified atom stereocenters. The molecule has 1 aromatic carbocycles. The van der Waals surface area contributed by atoms with Gasteiger partial charge in [-0.1, -0.05) is 31.0 Å². The number of rotatable bonds is 6. The highest BCUT2D eigenvalue weighted by Crippen LogP contribution is 2.38. The quantitative estimate of drug-likeness (QED) is 0.349. The van der Waals surface area contributed by atoms with E-state index in [2.05, 4.69) is 51.7 Å². The minimum atomic E-state index is -0.291. The average Bonchev–Trinajstić information content (AvgIpc) is 3.35. The molecule has 1 amide bonds. The Balaban J connectivity index is 0.00000300. The first kappa shape index (κ1) is 23.8. The smallest absolute Gasteiger partial charge is 0.230 e. The summed E-state index contributed by atoms with van der Waals surface area (Å²) in [4.78, 5) is 21.3. The summed E-state index contributed by atoms with van der Waals surface area (Å²) < 4.78 is 0. The summed E-state index contributed by atoms with van der Waals surface area (Å²) in [5.74, 6) is 1.01. The van der Waals surface area contributed by atoms with Gasteiger partial charge in [0, 0.05) is 52.5 Å². The first-order valence-electron chi connectivity index (χ1n) is 10.5. The number of carbonyl (C=O) groups is 1. The van der Waals surface area contributed by atoms with Crippen LogP contribution >= 0.6 is 24.0 Å². The van der Waals surface area contributed by atoms with Crippen molar-refractivity contribution in [1.82, 2.24) is 15.5 Å². The van der Waals surface area contributed by atoms with Crippen LogP contribution in [0.25, 0.3) is 0 Å². The number of fused-ring (bicyclic) bond motifs is 1. The molecule has 1 aliphatic carbocycles. The summed E-state index contributed by atoms with van der Waals surface area (Å²) in [6.07, 6.45) is 5.27. The number of hydrogen-bond donors (Lipinski definition) is 2. The first-order chi connectivity index (χ1) is 13.5. The number of guanidine groups is 1. The van der Waals surface area contributed by atoms with E-state index in [-0.39, 0.29) is 35.3 Å². The number of amides is 1. The van der Waals surface area contributed by atoms with E-state index in [0.717, 1.165) is 51.2 Å². The molecule has 1 saturated carbocycles. The Hall–Kier alpha value is -1.51. The van der Waals surface area contributed by atoms with Crippen LogP contribution in [-0.2, 0) is 11.2 Å². The van der Waals surface area contributed by atoms with Crippen molar-refractivity contribution >= 4 is 41.5 Å². The molecular weight excluding hydrogens is 477 g/mol. The number of nitrogens with one attached hydrogen (secondary N) is 2. The maximum atomic E-state index is 12.7. The Morgan fingerprint density at radius 1 is 1.24 bits per heavy atom. The lowest BCUT2D eigenvalue weighted by Gasteiger charge is -2.32. The normalized spacial score (nSPS) is 18.6. The van der Waals surface area contributed by atoms with Crippen LogP contribution in [0, 0.1) is 5.41 Å². The molecule has 3 rings (SSSR count). The van der Waals surface area contributed by atoms with Crippen LogP contribution in [0.15, 0.2) is 29.3 Å². The van der Waals surface area contributed by atoms with Crippen LogP contribution < -0.4 is 15.5 Å². The van der Waals surface area contributed by atoms with Gasteiger partial charge in [0.25, 0.3) is 0 Å². The number of benzene rings is 1. The molecule has 0 radical (unpaired) electrons. The molecule has 1 heterocycles. The average molecular weight is 513 g/mol. The largest absolute Gasteiger partial charge is 0.366 e. The molecule has 1 fully saturated rings. The van der Waals surface area contributed by atoms with E-state index in [1.54, 1.807) is 11.9 Å². The molecule has 0 spiro atoms. The molecule has 1 aliphatic heterocycles. The second-order valence-corrected chi connectivity index (χ2v) is 8.41. The van der Waals surface area contributed by atoms with Gasteiger partial charge in [0.05, 0.1) is 5.41 Å². The molecule has 2 aliphatic rings. The number of aliphatic imine (C=N–C) groups is 1. The summed E-state index contributed by atoms with van der Waals surface area (Å²) in [6.45, 7) is 4.76. The molecule has 0 bridgehead atoms. The third-order valence-electron chi connectivity index (χ3n) is 6.26. The van der Waals surface area contributed by atoms with Crippen LogP contribution in [0.5, 0.6) is 0 Å². The van der Waals surface area contributed by atoms with Gasteiger partial charge in [-0.25, -0.2) is 0 Å². The van der Waals surface area contributed by atoms with Crippen LogP contribution in [0.4, 0.5) is 5.69 Å². The number of anilines is 1. The van der Waals surface area contributed by atoms with Crippen molar-refractivity contribution in [2.24, 2.45) is 10.4 Å². The zero-order valence-corrected chi connectivity index (χ0v) is 20.5. The monoisotopic (exact) mass is 513 g/mol. The summed E-state index contributed by atoms with van der Waals surface area (Å²) in [7, 11) is 5.50. The van der Waals surface area contributed by atoms with Crippen LogP contribution in [0.1, 0.15) is 38.2 Å². The van der Waals surface area contributed by atoms with Crippen molar-refractivity contribution in [2.75, 3.05) is 45.7 Å². The zero-order valence-electron chi connectivity index (χ0n) is 18.2. The summed E-state index contributed by atoms with van der Waals surface area (Å²) >= 11 is 0. The van der Waals surface area contributed by atoms with Crippen molar-refractivity contribution in [1.29, 1.82) is 0 Å².